The number of rotatable bonds is 6. The Morgan fingerprint density at radius 1 is 1.12 bits per heavy atom. The van der Waals surface area contributed by atoms with Gasteiger partial charge in [0.2, 0.25) is 5.89 Å². The summed E-state index contributed by atoms with van der Waals surface area (Å²) < 4.78 is 5.91. The zero-order chi connectivity index (χ0) is 22.1. The van der Waals surface area contributed by atoms with Gasteiger partial charge in [-0.3, -0.25) is 9.69 Å². The van der Waals surface area contributed by atoms with Crippen molar-refractivity contribution in [3.63, 3.8) is 0 Å². The number of oxazole rings is 1. The van der Waals surface area contributed by atoms with Crippen LogP contribution in [0.2, 0.25) is 0 Å². The van der Waals surface area contributed by atoms with Gasteiger partial charge >= 0.3 is 0 Å². The predicted octanol–water partition coefficient (Wildman–Crippen LogP) is 6.06. The van der Waals surface area contributed by atoms with Crippen LogP contribution in [0.15, 0.2) is 47.0 Å². The van der Waals surface area contributed by atoms with Gasteiger partial charge in [-0.15, -0.1) is 0 Å². The number of aromatic hydroxyl groups is 1. The number of fused-ring (bicyclic) bond motifs is 1. The second-order valence-corrected chi connectivity index (χ2v) is 9.69. The fourth-order valence-corrected chi connectivity index (χ4v) is 5.68. The number of aromatic nitrogens is 1. The first kappa shape index (κ1) is 21.2. The number of Topliss-reactive ketones (excluding diaryl/α,β-unsaturated/α-hetero) is 1. The second kappa shape index (κ2) is 9.07. The molecule has 0 unspecified atom stereocenters. The Hall–Kier alpha value is -2.66. The molecular formula is C27H32N2O3. The van der Waals surface area contributed by atoms with E-state index in [1.165, 1.54) is 32.1 Å². The average Bonchev–Trinajstić information content (AvgIpc) is 3.40. The highest BCUT2D eigenvalue weighted by molar-refractivity contribution is 6.04. The molecule has 2 aliphatic rings. The minimum Gasteiger partial charge on any atom is -0.507 e. The van der Waals surface area contributed by atoms with Gasteiger partial charge in [-0.25, -0.2) is 4.98 Å². The number of hydrogen-bond donors (Lipinski definition) is 1. The molecule has 168 valence electrons. The Morgan fingerprint density at radius 2 is 1.94 bits per heavy atom. The van der Waals surface area contributed by atoms with Crippen molar-refractivity contribution >= 4 is 16.6 Å². The number of carbonyl (C=O) groups excluding carboxylic acids is 1. The first-order valence-corrected chi connectivity index (χ1v) is 12.0. The highest BCUT2D eigenvalue weighted by Crippen LogP contribution is 2.40. The quantitative estimate of drug-likeness (QED) is 0.480. The number of aryl methyl sites for hydroxylation is 1. The average molecular weight is 433 g/mol. The Balaban J connectivity index is 1.33. The summed E-state index contributed by atoms with van der Waals surface area (Å²) in [5.41, 5.74) is 0.429. The molecule has 5 nitrogen and oxygen atoms in total. The molecule has 3 aromatic rings. The molecule has 2 heterocycles. The maximum Gasteiger partial charge on any atom is 0.211 e. The van der Waals surface area contributed by atoms with Crippen molar-refractivity contribution < 1.29 is 14.3 Å². The summed E-state index contributed by atoms with van der Waals surface area (Å²) in [5, 5.41) is 12.4. The van der Waals surface area contributed by atoms with Crippen molar-refractivity contribution in [2.45, 2.75) is 57.9 Å². The van der Waals surface area contributed by atoms with Crippen molar-refractivity contribution in [2.75, 3.05) is 13.1 Å². The highest BCUT2D eigenvalue weighted by atomic mass is 16.4. The van der Waals surface area contributed by atoms with Gasteiger partial charge in [0.1, 0.15) is 11.5 Å². The number of benzene rings is 2. The van der Waals surface area contributed by atoms with Crippen molar-refractivity contribution in [1.29, 1.82) is 0 Å². The molecule has 0 spiro atoms. The number of carbonyl (C=O) groups is 1. The van der Waals surface area contributed by atoms with E-state index in [0.29, 0.717) is 12.0 Å². The van der Waals surface area contributed by atoms with Crippen LogP contribution in [0, 0.1) is 18.8 Å². The summed E-state index contributed by atoms with van der Waals surface area (Å²) in [4.78, 5) is 20.2. The Kier molecular flexibility index (Phi) is 6.01. The molecule has 1 aliphatic heterocycles. The third-order valence-corrected chi connectivity index (χ3v) is 7.31. The van der Waals surface area contributed by atoms with Crippen LogP contribution in [0.25, 0.3) is 10.8 Å². The number of ketones is 1. The van der Waals surface area contributed by atoms with E-state index in [9.17, 15) is 9.90 Å². The van der Waals surface area contributed by atoms with Gasteiger partial charge in [0, 0.05) is 24.9 Å². The van der Waals surface area contributed by atoms with Crippen molar-refractivity contribution in [2.24, 2.45) is 11.8 Å². The molecule has 2 atom stereocenters. The molecule has 1 N–H and O–H groups in total. The van der Waals surface area contributed by atoms with Crippen LogP contribution >= 0.6 is 0 Å². The van der Waals surface area contributed by atoms with Gasteiger partial charge in [0.05, 0.1) is 17.8 Å². The summed E-state index contributed by atoms with van der Waals surface area (Å²) in [6.07, 6.45) is 9.68. The van der Waals surface area contributed by atoms with E-state index < -0.39 is 0 Å². The minimum atomic E-state index is 0.0140. The zero-order valence-electron chi connectivity index (χ0n) is 18.8. The van der Waals surface area contributed by atoms with Gasteiger partial charge in [0.15, 0.2) is 5.78 Å². The number of likely N-dealkylation sites (tertiary alicyclic amines) is 1. The van der Waals surface area contributed by atoms with Gasteiger partial charge in [-0.05, 0) is 49.5 Å². The van der Waals surface area contributed by atoms with Crippen molar-refractivity contribution in [1.82, 2.24) is 9.88 Å². The first-order valence-electron chi connectivity index (χ1n) is 12.0. The molecule has 2 fully saturated rings. The maximum atomic E-state index is 13.2. The Bertz CT molecular complexity index is 1100. The third kappa shape index (κ3) is 4.31. The minimum absolute atomic E-state index is 0.0140. The summed E-state index contributed by atoms with van der Waals surface area (Å²) >= 11 is 0. The number of phenolic OH excluding ortho intramolecular Hbond substituents is 1. The van der Waals surface area contributed by atoms with Crippen LogP contribution in [-0.4, -0.2) is 33.9 Å². The largest absolute Gasteiger partial charge is 0.507 e. The Morgan fingerprint density at radius 3 is 2.72 bits per heavy atom. The van der Waals surface area contributed by atoms with Crippen LogP contribution in [0.1, 0.15) is 73.0 Å². The summed E-state index contributed by atoms with van der Waals surface area (Å²) in [6.45, 7) is 3.86. The lowest BCUT2D eigenvalue weighted by molar-refractivity contribution is 0.0958. The van der Waals surface area contributed by atoms with Crippen molar-refractivity contribution in [3.05, 3.63) is 59.8 Å². The summed E-state index contributed by atoms with van der Waals surface area (Å²) in [5.74, 6) is 2.68. The molecule has 32 heavy (non-hydrogen) atoms. The van der Waals surface area contributed by atoms with Crippen molar-refractivity contribution in [3.8, 4) is 5.75 Å². The zero-order valence-corrected chi connectivity index (χ0v) is 18.8. The molecule has 2 aromatic carbocycles. The summed E-state index contributed by atoms with van der Waals surface area (Å²) in [6, 6.07) is 11.5. The van der Waals surface area contributed by atoms with Gasteiger partial charge < -0.3 is 9.52 Å². The van der Waals surface area contributed by atoms with Crippen LogP contribution < -0.4 is 0 Å². The lowest BCUT2D eigenvalue weighted by Crippen LogP contribution is -2.31. The lowest BCUT2D eigenvalue weighted by Gasteiger charge is -2.29. The molecular weight excluding hydrogens is 400 g/mol. The van der Waals surface area contributed by atoms with Crippen LogP contribution in [0.4, 0.5) is 0 Å². The van der Waals surface area contributed by atoms with Crippen LogP contribution in [-0.2, 0) is 0 Å². The van der Waals surface area contributed by atoms with Gasteiger partial charge in [-0.2, -0.15) is 0 Å². The van der Waals surface area contributed by atoms with E-state index in [0.717, 1.165) is 47.9 Å². The SMILES string of the molecule is Cc1cnc([C@@H]2C[C@H](CC(=O)c3ccc4ccccc4c3O)CN2CC2CCCCC2)o1. The van der Waals surface area contributed by atoms with E-state index in [2.05, 4.69) is 9.88 Å². The van der Waals surface area contributed by atoms with Crippen LogP contribution in [0.5, 0.6) is 5.75 Å². The highest BCUT2D eigenvalue weighted by Gasteiger charge is 2.38. The molecule has 1 aliphatic carbocycles. The number of hydrogen-bond acceptors (Lipinski definition) is 5. The second-order valence-electron chi connectivity index (χ2n) is 9.69. The molecule has 5 heteroatoms. The number of phenols is 1. The van der Waals surface area contributed by atoms with Gasteiger partial charge in [0.25, 0.3) is 0 Å². The molecule has 0 radical (unpaired) electrons. The topological polar surface area (TPSA) is 66.6 Å². The third-order valence-electron chi connectivity index (χ3n) is 7.31. The van der Waals surface area contributed by atoms with E-state index in [4.69, 9.17) is 4.42 Å². The molecule has 1 saturated carbocycles. The summed E-state index contributed by atoms with van der Waals surface area (Å²) in [7, 11) is 0. The molecule has 0 bridgehead atoms. The fourth-order valence-electron chi connectivity index (χ4n) is 5.68. The van der Waals surface area contributed by atoms with Gasteiger partial charge in [-0.1, -0.05) is 49.6 Å². The van der Waals surface area contributed by atoms with E-state index in [1.54, 1.807) is 12.3 Å². The lowest BCUT2D eigenvalue weighted by atomic mass is 9.89. The standard InChI is InChI=1S/C27H32N2O3/c1-18-15-28-27(32-18)24-13-20(17-29(24)16-19-7-3-2-4-8-19)14-25(30)23-12-11-21-9-5-6-10-22(21)26(23)31/h5-6,9-12,15,19-20,24,31H,2-4,7-8,13-14,16-17H2,1H3/t20-,24+/m1/s1. The molecule has 1 saturated heterocycles. The van der Waals surface area contributed by atoms with E-state index >= 15 is 0 Å². The maximum absolute atomic E-state index is 13.2. The molecule has 0 amide bonds. The molecule has 5 rings (SSSR count). The monoisotopic (exact) mass is 432 g/mol. The smallest absolute Gasteiger partial charge is 0.211 e. The number of nitrogens with zero attached hydrogens (tertiary/aromatic N) is 2. The normalized spacial score (nSPS) is 22.5. The van der Waals surface area contributed by atoms with E-state index in [1.807, 2.05) is 37.3 Å². The molecule has 1 aromatic heterocycles. The van der Waals surface area contributed by atoms with Crippen LogP contribution in [0.3, 0.4) is 0 Å². The predicted molar refractivity (Wildman–Crippen MR) is 125 cm³/mol. The Labute approximate surface area is 189 Å². The first-order chi connectivity index (χ1) is 15.6. The van der Waals surface area contributed by atoms with E-state index in [-0.39, 0.29) is 23.5 Å². The fraction of sp³-hybridized carbons (Fsp3) is 0.481.